The number of hydrogen-bond acceptors (Lipinski definition) is 2. The topological polar surface area (TPSA) is 49.4 Å². The fourth-order valence-corrected chi connectivity index (χ4v) is 3.17. The smallest absolute Gasteiger partial charge is 0.243 e. The van der Waals surface area contributed by atoms with Crippen LogP contribution < -0.4 is 5.32 Å². The van der Waals surface area contributed by atoms with Gasteiger partial charge in [-0.05, 0) is 38.8 Å². The van der Waals surface area contributed by atoms with Gasteiger partial charge in [0.25, 0.3) is 0 Å². The molecule has 2 amide bonds. The van der Waals surface area contributed by atoms with E-state index in [9.17, 15) is 14.0 Å². The quantitative estimate of drug-likeness (QED) is 0.713. The van der Waals surface area contributed by atoms with Crippen LogP contribution in [-0.2, 0) is 22.6 Å². The SMILES string of the molecule is CCCC(=O)N(Cc1ccccc1F)[C@@H](Cc1ccccc1)C(=O)NC(C)(C)C. The van der Waals surface area contributed by atoms with Gasteiger partial charge in [-0.1, -0.05) is 55.5 Å². The first-order chi connectivity index (χ1) is 13.7. The summed E-state index contributed by atoms with van der Waals surface area (Å²) in [6, 6.07) is 15.2. The Morgan fingerprint density at radius 2 is 1.66 bits per heavy atom. The second kappa shape index (κ2) is 10.2. The van der Waals surface area contributed by atoms with E-state index < -0.39 is 11.6 Å². The van der Waals surface area contributed by atoms with Gasteiger partial charge in [-0.2, -0.15) is 0 Å². The number of amides is 2. The van der Waals surface area contributed by atoms with Crippen LogP contribution in [0.15, 0.2) is 54.6 Å². The first-order valence-electron chi connectivity index (χ1n) is 10.1. The average molecular weight is 399 g/mol. The molecular formula is C24H31FN2O2. The van der Waals surface area contributed by atoms with Gasteiger partial charge in [0.05, 0.1) is 0 Å². The Labute approximate surface area is 173 Å². The van der Waals surface area contributed by atoms with Crippen LogP contribution in [0.5, 0.6) is 0 Å². The van der Waals surface area contributed by atoms with Crippen molar-refractivity contribution >= 4 is 11.8 Å². The maximum absolute atomic E-state index is 14.3. The van der Waals surface area contributed by atoms with Crippen LogP contribution in [0.3, 0.4) is 0 Å². The molecule has 0 aliphatic carbocycles. The predicted octanol–water partition coefficient (Wildman–Crippen LogP) is 4.48. The predicted molar refractivity (Wildman–Crippen MR) is 114 cm³/mol. The van der Waals surface area contributed by atoms with E-state index in [-0.39, 0.29) is 24.2 Å². The lowest BCUT2D eigenvalue weighted by Gasteiger charge is -2.34. The number of nitrogens with zero attached hydrogens (tertiary/aromatic N) is 1. The number of rotatable bonds is 8. The Morgan fingerprint density at radius 3 is 2.24 bits per heavy atom. The van der Waals surface area contributed by atoms with Crippen molar-refractivity contribution in [3.8, 4) is 0 Å². The third-order valence-electron chi connectivity index (χ3n) is 4.53. The number of halogens is 1. The summed E-state index contributed by atoms with van der Waals surface area (Å²) in [5.41, 5.74) is 0.909. The summed E-state index contributed by atoms with van der Waals surface area (Å²) in [5, 5.41) is 2.99. The van der Waals surface area contributed by atoms with Gasteiger partial charge in [0.2, 0.25) is 11.8 Å². The molecule has 0 radical (unpaired) electrons. The van der Waals surface area contributed by atoms with Crippen molar-refractivity contribution in [3.63, 3.8) is 0 Å². The maximum Gasteiger partial charge on any atom is 0.243 e. The first-order valence-corrected chi connectivity index (χ1v) is 10.1. The van der Waals surface area contributed by atoms with Crippen molar-refractivity contribution in [3.05, 3.63) is 71.5 Å². The summed E-state index contributed by atoms with van der Waals surface area (Å²) in [5.74, 6) is -0.764. The molecule has 0 saturated heterocycles. The lowest BCUT2D eigenvalue weighted by molar-refractivity contribution is -0.142. The van der Waals surface area contributed by atoms with E-state index in [0.717, 1.165) is 5.56 Å². The fourth-order valence-electron chi connectivity index (χ4n) is 3.17. The third kappa shape index (κ3) is 7.00. The number of carbonyl (C=O) groups is 2. The van der Waals surface area contributed by atoms with E-state index in [1.807, 2.05) is 58.0 Å². The highest BCUT2D eigenvalue weighted by molar-refractivity contribution is 5.88. The molecule has 0 aromatic heterocycles. The molecule has 0 heterocycles. The van der Waals surface area contributed by atoms with E-state index in [1.165, 1.54) is 11.0 Å². The number of nitrogens with one attached hydrogen (secondary N) is 1. The van der Waals surface area contributed by atoms with Crippen molar-refractivity contribution < 1.29 is 14.0 Å². The molecule has 0 aliphatic rings. The van der Waals surface area contributed by atoms with Gasteiger partial charge >= 0.3 is 0 Å². The van der Waals surface area contributed by atoms with Gasteiger partial charge in [-0.25, -0.2) is 4.39 Å². The molecule has 0 unspecified atom stereocenters. The van der Waals surface area contributed by atoms with Crippen LogP contribution >= 0.6 is 0 Å². The highest BCUT2D eigenvalue weighted by Gasteiger charge is 2.32. The Kier molecular flexibility index (Phi) is 7.94. The van der Waals surface area contributed by atoms with E-state index in [1.54, 1.807) is 18.2 Å². The van der Waals surface area contributed by atoms with Gasteiger partial charge in [0, 0.05) is 30.5 Å². The standard InChI is InChI=1S/C24H31FN2O2/c1-5-11-22(28)27(17-19-14-9-10-15-20(19)25)21(23(29)26-24(2,3)4)16-18-12-7-6-8-13-18/h6-10,12-15,21H,5,11,16-17H2,1-4H3,(H,26,29)/t21-/m0/s1. The molecule has 5 heteroatoms. The van der Waals surface area contributed by atoms with Crippen LogP contribution in [0, 0.1) is 5.82 Å². The van der Waals surface area contributed by atoms with Crippen molar-refractivity contribution in [2.45, 2.75) is 65.1 Å². The average Bonchev–Trinajstić information content (AvgIpc) is 2.65. The Morgan fingerprint density at radius 1 is 1.03 bits per heavy atom. The number of benzene rings is 2. The first kappa shape index (κ1) is 22.6. The van der Waals surface area contributed by atoms with Crippen LogP contribution in [0.25, 0.3) is 0 Å². The van der Waals surface area contributed by atoms with Crippen LogP contribution in [-0.4, -0.2) is 28.3 Å². The lowest BCUT2D eigenvalue weighted by Crippen LogP contribution is -2.54. The van der Waals surface area contributed by atoms with Crippen molar-refractivity contribution in [1.29, 1.82) is 0 Å². The molecule has 156 valence electrons. The molecule has 1 N–H and O–H groups in total. The summed E-state index contributed by atoms with van der Waals surface area (Å²) in [6.45, 7) is 7.68. The zero-order valence-electron chi connectivity index (χ0n) is 17.7. The molecule has 2 aromatic carbocycles. The molecule has 1 atom stereocenters. The summed E-state index contributed by atoms with van der Waals surface area (Å²) in [6.07, 6.45) is 1.33. The molecule has 0 spiro atoms. The molecular weight excluding hydrogens is 367 g/mol. The Balaban J connectivity index is 2.41. The maximum atomic E-state index is 14.3. The third-order valence-corrected chi connectivity index (χ3v) is 4.53. The van der Waals surface area contributed by atoms with Gasteiger partial charge in [-0.3, -0.25) is 9.59 Å². The monoisotopic (exact) mass is 398 g/mol. The van der Waals surface area contributed by atoms with Gasteiger partial charge in [-0.15, -0.1) is 0 Å². The number of carbonyl (C=O) groups excluding carboxylic acids is 2. The van der Waals surface area contributed by atoms with E-state index in [2.05, 4.69) is 5.32 Å². The zero-order chi connectivity index (χ0) is 21.4. The number of hydrogen-bond donors (Lipinski definition) is 1. The van der Waals surface area contributed by atoms with Crippen LogP contribution in [0.1, 0.15) is 51.7 Å². The summed E-state index contributed by atoms with van der Waals surface area (Å²) >= 11 is 0. The molecule has 0 fully saturated rings. The summed E-state index contributed by atoms with van der Waals surface area (Å²) in [7, 11) is 0. The highest BCUT2D eigenvalue weighted by Crippen LogP contribution is 2.18. The molecule has 2 rings (SSSR count). The normalized spacial score (nSPS) is 12.3. The lowest BCUT2D eigenvalue weighted by atomic mass is 10.00. The second-order valence-electron chi connectivity index (χ2n) is 8.31. The molecule has 0 aliphatic heterocycles. The van der Waals surface area contributed by atoms with E-state index in [4.69, 9.17) is 0 Å². The Bertz CT molecular complexity index is 815. The van der Waals surface area contributed by atoms with Crippen molar-refractivity contribution in [2.24, 2.45) is 0 Å². The fraction of sp³-hybridized carbons (Fsp3) is 0.417. The summed E-state index contributed by atoms with van der Waals surface area (Å²) in [4.78, 5) is 27.7. The summed E-state index contributed by atoms with van der Waals surface area (Å²) < 4.78 is 14.3. The van der Waals surface area contributed by atoms with Gasteiger partial charge < -0.3 is 10.2 Å². The minimum absolute atomic E-state index is 0.0561. The largest absolute Gasteiger partial charge is 0.350 e. The molecule has 29 heavy (non-hydrogen) atoms. The minimum atomic E-state index is -0.727. The highest BCUT2D eigenvalue weighted by atomic mass is 19.1. The van der Waals surface area contributed by atoms with E-state index >= 15 is 0 Å². The van der Waals surface area contributed by atoms with Crippen LogP contribution in [0.2, 0.25) is 0 Å². The molecule has 2 aromatic rings. The molecule has 4 nitrogen and oxygen atoms in total. The van der Waals surface area contributed by atoms with Crippen molar-refractivity contribution in [1.82, 2.24) is 10.2 Å². The van der Waals surface area contributed by atoms with Gasteiger partial charge in [0.1, 0.15) is 11.9 Å². The van der Waals surface area contributed by atoms with E-state index in [0.29, 0.717) is 24.8 Å². The van der Waals surface area contributed by atoms with Crippen LogP contribution in [0.4, 0.5) is 4.39 Å². The van der Waals surface area contributed by atoms with Crippen molar-refractivity contribution in [2.75, 3.05) is 0 Å². The minimum Gasteiger partial charge on any atom is -0.350 e. The Hall–Kier alpha value is -2.69. The molecule has 0 bridgehead atoms. The van der Waals surface area contributed by atoms with Gasteiger partial charge in [0.15, 0.2) is 0 Å². The zero-order valence-corrected chi connectivity index (χ0v) is 17.7. The molecule has 0 saturated carbocycles. The second-order valence-corrected chi connectivity index (χ2v) is 8.31.